The summed E-state index contributed by atoms with van der Waals surface area (Å²) in [4.78, 5) is 11.8. The van der Waals surface area contributed by atoms with Crippen molar-refractivity contribution in [3.05, 3.63) is 57.0 Å². The standard InChI is InChI=1S/C15H19N3O/c1-9-5-6-13(10(2)7-9)18-11(3)8-14(19)15(17-18)12(4)16/h5-8,12H,16H2,1-4H3. The van der Waals surface area contributed by atoms with Crippen LogP contribution in [0, 0.1) is 20.8 Å². The quantitative estimate of drug-likeness (QED) is 0.897. The predicted octanol–water partition coefficient (Wildman–Crippen LogP) is 2.18. The molecule has 0 aliphatic rings. The van der Waals surface area contributed by atoms with Crippen molar-refractivity contribution in [2.75, 3.05) is 0 Å². The maximum absolute atomic E-state index is 11.8. The van der Waals surface area contributed by atoms with Crippen molar-refractivity contribution in [1.82, 2.24) is 9.78 Å². The van der Waals surface area contributed by atoms with Gasteiger partial charge in [-0.3, -0.25) is 4.79 Å². The second-order valence-electron chi connectivity index (χ2n) is 5.03. The highest BCUT2D eigenvalue weighted by Crippen LogP contribution is 2.16. The topological polar surface area (TPSA) is 60.9 Å². The summed E-state index contributed by atoms with van der Waals surface area (Å²) in [6, 6.07) is 7.36. The van der Waals surface area contributed by atoms with E-state index in [1.54, 1.807) is 17.7 Å². The molecule has 2 N–H and O–H groups in total. The Labute approximate surface area is 112 Å². The van der Waals surface area contributed by atoms with Gasteiger partial charge in [0.1, 0.15) is 5.69 Å². The van der Waals surface area contributed by atoms with E-state index < -0.39 is 0 Å². The molecule has 2 rings (SSSR count). The normalized spacial score (nSPS) is 12.5. The Morgan fingerprint density at radius 3 is 2.47 bits per heavy atom. The number of rotatable bonds is 2. The SMILES string of the molecule is Cc1ccc(-n2nc(C(C)N)c(=O)cc2C)c(C)c1. The Hall–Kier alpha value is -1.94. The van der Waals surface area contributed by atoms with E-state index in [-0.39, 0.29) is 11.5 Å². The van der Waals surface area contributed by atoms with Crippen LogP contribution in [0.3, 0.4) is 0 Å². The summed E-state index contributed by atoms with van der Waals surface area (Å²) in [6.45, 7) is 7.73. The Kier molecular flexibility index (Phi) is 3.53. The third kappa shape index (κ3) is 2.58. The van der Waals surface area contributed by atoms with Crippen LogP contribution in [0.15, 0.2) is 29.1 Å². The highest BCUT2D eigenvalue weighted by molar-refractivity contribution is 5.43. The average Bonchev–Trinajstić information content (AvgIpc) is 2.30. The van der Waals surface area contributed by atoms with Crippen LogP contribution in [0.25, 0.3) is 5.69 Å². The second kappa shape index (κ2) is 4.97. The molecule has 1 atom stereocenters. The van der Waals surface area contributed by atoms with Gasteiger partial charge in [0, 0.05) is 17.8 Å². The van der Waals surface area contributed by atoms with Crippen LogP contribution >= 0.6 is 0 Å². The van der Waals surface area contributed by atoms with Crippen LogP contribution in [0.4, 0.5) is 0 Å². The van der Waals surface area contributed by atoms with Crippen LogP contribution in [0.2, 0.25) is 0 Å². The Morgan fingerprint density at radius 2 is 1.89 bits per heavy atom. The maximum Gasteiger partial charge on any atom is 0.205 e. The van der Waals surface area contributed by atoms with E-state index in [0.29, 0.717) is 5.69 Å². The van der Waals surface area contributed by atoms with Crippen molar-refractivity contribution < 1.29 is 0 Å². The molecule has 19 heavy (non-hydrogen) atoms. The van der Waals surface area contributed by atoms with Gasteiger partial charge in [0.05, 0.1) is 5.69 Å². The number of nitrogens with zero attached hydrogens (tertiary/aromatic N) is 2. The molecule has 0 saturated carbocycles. The minimum atomic E-state index is -0.370. The first-order valence-corrected chi connectivity index (χ1v) is 6.34. The first kappa shape index (κ1) is 13.5. The van der Waals surface area contributed by atoms with E-state index in [4.69, 9.17) is 5.73 Å². The molecule has 0 amide bonds. The van der Waals surface area contributed by atoms with E-state index in [1.165, 1.54) is 5.56 Å². The molecule has 1 heterocycles. The van der Waals surface area contributed by atoms with E-state index in [1.807, 2.05) is 26.0 Å². The van der Waals surface area contributed by atoms with Gasteiger partial charge in [-0.1, -0.05) is 17.7 Å². The third-order valence-corrected chi connectivity index (χ3v) is 3.15. The minimum absolute atomic E-state index is 0.103. The fourth-order valence-corrected chi connectivity index (χ4v) is 2.16. The number of nitrogens with two attached hydrogens (primary N) is 1. The second-order valence-corrected chi connectivity index (χ2v) is 5.03. The van der Waals surface area contributed by atoms with Gasteiger partial charge in [-0.15, -0.1) is 0 Å². The lowest BCUT2D eigenvalue weighted by molar-refractivity contribution is 0.685. The van der Waals surface area contributed by atoms with Gasteiger partial charge < -0.3 is 5.73 Å². The molecule has 0 spiro atoms. The first-order chi connectivity index (χ1) is 8.90. The molecule has 100 valence electrons. The molecule has 0 radical (unpaired) electrons. The fourth-order valence-electron chi connectivity index (χ4n) is 2.16. The summed E-state index contributed by atoms with van der Waals surface area (Å²) in [6.07, 6.45) is 0. The van der Waals surface area contributed by atoms with Crippen LogP contribution in [0.5, 0.6) is 0 Å². The summed E-state index contributed by atoms with van der Waals surface area (Å²) in [5, 5.41) is 4.41. The Morgan fingerprint density at radius 1 is 1.21 bits per heavy atom. The molecular weight excluding hydrogens is 238 g/mol. The lowest BCUT2D eigenvalue weighted by Gasteiger charge is -2.15. The third-order valence-electron chi connectivity index (χ3n) is 3.15. The lowest BCUT2D eigenvalue weighted by atomic mass is 10.1. The molecule has 1 aromatic carbocycles. The minimum Gasteiger partial charge on any atom is -0.323 e. The van der Waals surface area contributed by atoms with E-state index in [0.717, 1.165) is 16.9 Å². The zero-order chi connectivity index (χ0) is 14.2. The van der Waals surface area contributed by atoms with Crippen molar-refractivity contribution in [3.8, 4) is 5.69 Å². The lowest BCUT2D eigenvalue weighted by Crippen LogP contribution is -2.24. The molecule has 0 aliphatic heterocycles. The summed E-state index contributed by atoms with van der Waals surface area (Å²) in [5.74, 6) is 0. The maximum atomic E-state index is 11.8. The number of benzene rings is 1. The van der Waals surface area contributed by atoms with Gasteiger partial charge >= 0.3 is 0 Å². The molecule has 0 bridgehead atoms. The van der Waals surface area contributed by atoms with Crippen molar-refractivity contribution in [2.45, 2.75) is 33.7 Å². The number of aryl methyl sites for hydroxylation is 3. The van der Waals surface area contributed by atoms with Crippen LogP contribution < -0.4 is 11.2 Å². The molecule has 4 heteroatoms. The van der Waals surface area contributed by atoms with E-state index >= 15 is 0 Å². The number of hydrogen-bond acceptors (Lipinski definition) is 3. The van der Waals surface area contributed by atoms with Crippen LogP contribution in [-0.2, 0) is 0 Å². The van der Waals surface area contributed by atoms with Gasteiger partial charge in [0.15, 0.2) is 0 Å². The van der Waals surface area contributed by atoms with Gasteiger partial charge in [0.2, 0.25) is 5.43 Å². The van der Waals surface area contributed by atoms with Crippen molar-refractivity contribution in [2.24, 2.45) is 5.73 Å². The molecular formula is C15H19N3O. The summed E-state index contributed by atoms with van der Waals surface area (Å²) in [5.41, 5.74) is 10.2. The number of hydrogen-bond donors (Lipinski definition) is 1. The molecule has 0 saturated heterocycles. The zero-order valence-electron chi connectivity index (χ0n) is 11.8. The van der Waals surface area contributed by atoms with E-state index in [9.17, 15) is 4.79 Å². The highest BCUT2D eigenvalue weighted by Gasteiger charge is 2.12. The monoisotopic (exact) mass is 257 g/mol. The van der Waals surface area contributed by atoms with Crippen molar-refractivity contribution in [1.29, 1.82) is 0 Å². The van der Waals surface area contributed by atoms with Crippen LogP contribution in [-0.4, -0.2) is 9.78 Å². The number of aromatic nitrogens is 2. The van der Waals surface area contributed by atoms with Gasteiger partial charge in [-0.25, -0.2) is 4.68 Å². The average molecular weight is 257 g/mol. The van der Waals surface area contributed by atoms with Gasteiger partial charge in [-0.2, -0.15) is 5.10 Å². The predicted molar refractivity (Wildman–Crippen MR) is 76.6 cm³/mol. The Bertz CT molecular complexity index is 672. The molecule has 0 aliphatic carbocycles. The zero-order valence-corrected chi connectivity index (χ0v) is 11.8. The molecule has 0 fully saturated rings. The Balaban J connectivity index is 2.68. The van der Waals surface area contributed by atoms with Crippen molar-refractivity contribution >= 4 is 0 Å². The highest BCUT2D eigenvalue weighted by atomic mass is 16.1. The first-order valence-electron chi connectivity index (χ1n) is 6.34. The fraction of sp³-hybridized carbons (Fsp3) is 0.333. The molecule has 4 nitrogen and oxygen atoms in total. The summed E-state index contributed by atoms with van der Waals surface area (Å²) >= 11 is 0. The van der Waals surface area contributed by atoms with Gasteiger partial charge in [0.25, 0.3) is 0 Å². The molecule has 1 unspecified atom stereocenters. The van der Waals surface area contributed by atoms with Gasteiger partial charge in [-0.05, 0) is 39.3 Å². The van der Waals surface area contributed by atoms with Crippen molar-refractivity contribution in [3.63, 3.8) is 0 Å². The van der Waals surface area contributed by atoms with Crippen LogP contribution in [0.1, 0.15) is 35.5 Å². The van der Waals surface area contributed by atoms with E-state index in [2.05, 4.69) is 18.1 Å². The molecule has 2 aromatic rings. The summed E-state index contributed by atoms with van der Waals surface area (Å²) in [7, 11) is 0. The summed E-state index contributed by atoms with van der Waals surface area (Å²) < 4.78 is 1.79. The largest absolute Gasteiger partial charge is 0.323 e. The molecule has 1 aromatic heterocycles. The smallest absolute Gasteiger partial charge is 0.205 e.